The highest BCUT2D eigenvalue weighted by Gasteiger charge is 2.49. The van der Waals surface area contributed by atoms with Crippen LogP contribution >= 0.6 is 0 Å². The summed E-state index contributed by atoms with van der Waals surface area (Å²) in [7, 11) is 0. The molecule has 1 amide bonds. The SMILES string of the molecule is CC(C)C(=O)OC1CCN2C[C@H]3C[C@@H](CN4C(=O)CCCC34)[C@H]2C1. The number of rotatable bonds is 2. The lowest BCUT2D eigenvalue weighted by atomic mass is 9.70. The second kappa shape index (κ2) is 6.32. The fraction of sp³-hybridized carbons (Fsp3) is 0.895. The fourth-order valence-electron chi connectivity index (χ4n) is 5.46. The predicted octanol–water partition coefficient (Wildman–Crippen LogP) is 2.05. The number of carbonyl (C=O) groups is 2. The molecule has 4 rings (SSSR count). The van der Waals surface area contributed by atoms with E-state index in [1.165, 1.54) is 12.8 Å². The summed E-state index contributed by atoms with van der Waals surface area (Å²) in [5, 5.41) is 0. The number of carbonyl (C=O) groups excluding carboxylic acids is 2. The molecule has 134 valence electrons. The lowest BCUT2D eigenvalue weighted by Gasteiger charge is -2.57. The first-order chi connectivity index (χ1) is 11.5. The quantitative estimate of drug-likeness (QED) is 0.725. The lowest BCUT2D eigenvalue weighted by Crippen LogP contribution is -2.65. The molecule has 24 heavy (non-hydrogen) atoms. The highest BCUT2D eigenvalue weighted by molar-refractivity contribution is 5.77. The predicted molar refractivity (Wildman–Crippen MR) is 90.3 cm³/mol. The molecule has 2 bridgehead atoms. The van der Waals surface area contributed by atoms with Crippen LogP contribution in [0.4, 0.5) is 0 Å². The van der Waals surface area contributed by atoms with Crippen LogP contribution in [0.2, 0.25) is 0 Å². The average molecular weight is 334 g/mol. The molecule has 0 aromatic rings. The van der Waals surface area contributed by atoms with E-state index in [-0.39, 0.29) is 18.0 Å². The first-order valence-corrected chi connectivity index (χ1v) is 9.77. The van der Waals surface area contributed by atoms with E-state index in [2.05, 4.69) is 9.80 Å². The van der Waals surface area contributed by atoms with Crippen LogP contribution in [-0.4, -0.2) is 59.5 Å². The van der Waals surface area contributed by atoms with E-state index in [0.717, 1.165) is 45.3 Å². The number of hydrogen-bond acceptors (Lipinski definition) is 4. The fourth-order valence-corrected chi connectivity index (χ4v) is 5.46. The molecule has 0 aromatic carbocycles. The third-order valence-electron chi connectivity index (χ3n) is 6.67. The maximum Gasteiger partial charge on any atom is 0.308 e. The van der Waals surface area contributed by atoms with Crippen molar-refractivity contribution in [2.75, 3.05) is 19.6 Å². The van der Waals surface area contributed by atoms with Crippen LogP contribution in [0.5, 0.6) is 0 Å². The Kier molecular flexibility index (Phi) is 4.31. The summed E-state index contributed by atoms with van der Waals surface area (Å²) in [4.78, 5) is 29.1. The van der Waals surface area contributed by atoms with Crippen molar-refractivity contribution < 1.29 is 14.3 Å². The molecule has 4 saturated heterocycles. The van der Waals surface area contributed by atoms with Crippen LogP contribution in [0.1, 0.15) is 52.4 Å². The molecular formula is C19H30N2O3. The Balaban J connectivity index is 1.45. The van der Waals surface area contributed by atoms with Gasteiger partial charge in [-0.2, -0.15) is 0 Å². The summed E-state index contributed by atoms with van der Waals surface area (Å²) in [5.74, 6) is 1.45. The van der Waals surface area contributed by atoms with Crippen molar-refractivity contribution in [2.24, 2.45) is 17.8 Å². The van der Waals surface area contributed by atoms with Crippen molar-refractivity contribution in [2.45, 2.75) is 70.6 Å². The normalized spacial score (nSPS) is 39.4. The van der Waals surface area contributed by atoms with Gasteiger partial charge in [0.05, 0.1) is 5.92 Å². The summed E-state index contributed by atoms with van der Waals surface area (Å²) in [5.41, 5.74) is 0. The smallest absolute Gasteiger partial charge is 0.308 e. The number of esters is 1. The minimum Gasteiger partial charge on any atom is -0.462 e. The topological polar surface area (TPSA) is 49.9 Å². The maximum absolute atomic E-state index is 12.3. The lowest BCUT2D eigenvalue weighted by molar-refractivity contribution is -0.161. The summed E-state index contributed by atoms with van der Waals surface area (Å²) >= 11 is 0. The molecule has 0 aliphatic carbocycles. The van der Waals surface area contributed by atoms with E-state index >= 15 is 0 Å². The van der Waals surface area contributed by atoms with Crippen molar-refractivity contribution in [3.63, 3.8) is 0 Å². The van der Waals surface area contributed by atoms with E-state index in [0.29, 0.717) is 29.8 Å². The van der Waals surface area contributed by atoms with Gasteiger partial charge in [0, 0.05) is 44.6 Å². The molecule has 0 spiro atoms. The highest BCUT2D eigenvalue weighted by atomic mass is 16.5. The third kappa shape index (κ3) is 2.85. The Morgan fingerprint density at radius 1 is 1.12 bits per heavy atom. The third-order valence-corrected chi connectivity index (χ3v) is 6.67. The molecule has 0 radical (unpaired) electrons. The number of hydrogen-bond donors (Lipinski definition) is 0. The maximum atomic E-state index is 12.3. The average Bonchev–Trinajstić information content (AvgIpc) is 2.56. The first kappa shape index (κ1) is 16.4. The van der Waals surface area contributed by atoms with E-state index in [9.17, 15) is 9.59 Å². The monoisotopic (exact) mass is 334 g/mol. The van der Waals surface area contributed by atoms with Gasteiger partial charge < -0.3 is 9.64 Å². The molecule has 4 aliphatic rings. The molecule has 0 aromatic heterocycles. The molecule has 5 nitrogen and oxygen atoms in total. The van der Waals surface area contributed by atoms with Gasteiger partial charge in [-0.3, -0.25) is 14.5 Å². The highest BCUT2D eigenvalue weighted by Crippen LogP contribution is 2.43. The molecule has 4 aliphatic heterocycles. The number of ether oxygens (including phenoxy) is 1. The second-order valence-electron chi connectivity index (χ2n) is 8.56. The zero-order valence-corrected chi connectivity index (χ0v) is 14.9. The minimum atomic E-state index is -0.0722. The number of amides is 1. The second-order valence-corrected chi connectivity index (χ2v) is 8.56. The summed E-state index contributed by atoms with van der Waals surface area (Å²) in [6, 6.07) is 0.968. The molecule has 5 heteroatoms. The Morgan fingerprint density at radius 3 is 2.71 bits per heavy atom. The van der Waals surface area contributed by atoms with Gasteiger partial charge in [-0.25, -0.2) is 0 Å². The Labute approximate surface area is 144 Å². The number of fused-ring (bicyclic) bond motifs is 6. The molecule has 5 atom stereocenters. The Hall–Kier alpha value is -1.10. The largest absolute Gasteiger partial charge is 0.462 e. The molecule has 4 heterocycles. The van der Waals surface area contributed by atoms with Crippen LogP contribution in [0.15, 0.2) is 0 Å². The van der Waals surface area contributed by atoms with Crippen molar-refractivity contribution in [3.05, 3.63) is 0 Å². The van der Waals surface area contributed by atoms with Crippen molar-refractivity contribution in [3.8, 4) is 0 Å². The number of piperidine rings is 4. The minimum absolute atomic E-state index is 0.0554. The summed E-state index contributed by atoms with van der Waals surface area (Å²) in [6.07, 6.45) is 6.21. The Morgan fingerprint density at radius 2 is 1.92 bits per heavy atom. The first-order valence-electron chi connectivity index (χ1n) is 9.77. The van der Waals surface area contributed by atoms with E-state index in [1.807, 2.05) is 13.8 Å². The Bertz CT molecular complexity index is 521. The van der Waals surface area contributed by atoms with Gasteiger partial charge in [-0.1, -0.05) is 13.8 Å². The van der Waals surface area contributed by atoms with E-state index in [1.54, 1.807) is 0 Å². The molecule has 4 fully saturated rings. The number of nitrogens with zero attached hydrogens (tertiary/aromatic N) is 2. The van der Waals surface area contributed by atoms with Crippen LogP contribution in [0, 0.1) is 17.8 Å². The van der Waals surface area contributed by atoms with Crippen LogP contribution < -0.4 is 0 Å². The molecular weight excluding hydrogens is 304 g/mol. The van der Waals surface area contributed by atoms with Gasteiger partial charge in [0.2, 0.25) is 5.91 Å². The summed E-state index contributed by atoms with van der Waals surface area (Å²) < 4.78 is 5.72. The molecule has 2 unspecified atom stereocenters. The van der Waals surface area contributed by atoms with Crippen molar-refractivity contribution in [1.82, 2.24) is 9.80 Å². The van der Waals surface area contributed by atoms with Crippen molar-refractivity contribution in [1.29, 1.82) is 0 Å². The van der Waals surface area contributed by atoms with Gasteiger partial charge in [-0.15, -0.1) is 0 Å². The summed E-state index contributed by atoms with van der Waals surface area (Å²) in [6.45, 7) is 6.87. The van der Waals surface area contributed by atoms with Gasteiger partial charge >= 0.3 is 5.97 Å². The zero-order valence-electron chi connectivity index (χ0n) is 14.9. The molecule has 0 saturated carbocycles. The van der Waals surface area contributed by atoms with E-state index < -0.39 is 0 Å². The van der Waals surface area contributed by atoms with Gasteiger partial charge in [-0.05, 0) is 37.5 Å². The van der Waals surface area contributed by atoms with Gasteiger partial charge in [0.15, 0.2) is 0 Å². The van der Waals surface area contributed by atoms with Crippen molar-refractivity contribution >= 4 is 11.9 Å². The van der Waals surface area contributed by atoms with Crippen LogP contribution in [-0.2, 0) is 14.3 Å². The standard InChI is InChI=1S/C19H30N2O3/c1-12(2)19(23)24-15-6-7-20-10-13-8-14(17(20)9-15)11-21-16(13)4-3-5-18(21)22/h12-17H,3-11H2,1-2H3/t13-,14+,15?,16?,17-/m1/s1. The van der Waals surface area contributed by atoms with E-state index in [4.69, 9.17) is 4.74 Å². The van der Waals surface area contributed by atoms with Crippen LogP contribution in [0.25, 0.3) is 0 Å². The van der Waals surface area contributed by atoms with Gasteiger partial charge in [0.25, 0.3) is 0 Å². The zero-order chi connectivity index (χ0) is 16.8. The van der Waals surface area contributed by atoms with Crippen LogP contribution in [0.3, 0.4) is 0 Å². The van der Waals surface area contributed by atoms with Gasteiger partial charge in [0.1, 0.15) is 6.10 Å². The molecule has 0 N–H and O–H groups in total.